The monoisotopic (exact) mass is 430 g/mol. The van der Waals surface area contributed by atoms with Gasteiger partial charge in [-0.2, -0.15) is 5.10 Å². The van der Waals surface area contributed by atoms with E-state index in [4.69, 9.17) is 16.0 Å². The first-order chi connectivity index (χ1) is 14.5. The summed E-state index contributed by atoms with van der Waals surface area (Å²) in [5, 5.41) is 9.92. The van der Waals surface area contributed by atoms with Crippen molar-refractivity contribution in [2.45, 2.75) is 25.3 Å². The van der Waals surface area contributed by atoms with E-state index in [0.29, 0.717) is 36.7 Å². The maximum Gasteiger partial charge on any atom is 0.272 e. The highest BCUT2D eigenvalue weighted by molar-refractivity contribution is 6.33. The van der Waals surface area contributed by atoms with Gasteiger partial charge in [-0.3, -0.25) is 14.7 Å². The second-order valence-electron chi connectivity index (χ2n) is 7.16. The normalized spacial score (nSPS) is 14.7. The number of aromatic amines is 1. The van der Waals surface area contributed by atoms with Crippen LogP contribution in [-0.4, -0.2) is 40.0 Å². The van der Waals surface area contributed by atoms with Crippen LogP contribution in [0.3, 0.4) is 0 Å². The summed E-state index contributed by atoms with van der Waals surface area (Å²) < 4.78 is 18.4. The molecule has 0 bridgehead atoms. The first-order valence-electron chi connectivity index (χ1n) is 9.61. The highest BCUT2D eigenvalue weighted by atomic mass is 35.5. The number of carbonyl (C=O) groups excluding carboxylic acids is 2. The van der Waals surface area contributed by atoms with Crippen LogP contribution in [0.15, 0.2) is 47.1 Å². The summed E-state index contributed by atoms with van der Waals surface area (Å²) in [5.41, 5.74) is 1.48. The van der Waals surface area contributed by atoms with Crippen molar-refractivity contribution in [1.82, 2.24) is 20.4 Å². The van der Waals surface area contributed by atoms with Crippen molar-refractivity contribution in [3.05, 3.63) is 76.2 Å². The Kier molecular flexibility index (Phi) is 5.85. The number of halogens is 2. The van der Waals surface area contributed by atoms with E-state index < -0.39 is 5.82 Å². The van der Waals surface area contributed by atoms with Gasteiger partial charge in [0, 0.05) is 24.7 Å². The number of H-pyrrole nitrogens is 1. The van der Waals surface area contributed by atoms with E-state index in [-0.39, 0.29) is 22.8 Å². The van der Waals surface area contributed by atoms with E-state index in [1.165, 1.54) is 12.1 Å². The second-order valence-corrected chi connectivity index (χ2v) is 7.57. The Morgan fingerprint density at radius 3 is 2.77 bits per heavy atom. The van der Waals surface area contributed by atoms with Gasteiger partial charge in [0.05, 0.1) is 23.4 Å². The van der Waals surface area contributed by atoms with E-state index in [1.54, 1.807) is 29.4 Å². The molecule has 30 heavy (non-hydrogen) atoms. The third kappa shape index (κ3) is 4.38. The highest BCUT2D eigenvalue weighted by Crippen LogP contribution is 2.29. The van der Waals surface area contributed by atoms with Gasteiger partial charge >= 0.3 is 0 Å². The van der Waals surface area contributed by atoms with Crippen molar-refractivity contribution in [2.24, 2.45) is 0 Å². The van der Waals surface area contributed by atoms with E-state index in [2.05, 4.69) is 15.5 Å². The fourth-order valence-corrected chi connectivity index (χ4v) is 3.81. The molecule has 1 saturated heterocycles. The number of hydrogen-bond acceptors (Lipinski definition) is 4. The van der Waals surface area contributed by atoms with Gasteiger partial charge < -0.3 is 14.6 Å². The number of nitrogens with one attached hydrogen (secondary N) is 2. The Hall–Kier alpha value is -3.13. The van der Waals surface area contributed by atoms with Crippen LogP contribution >= 0.6 is 11.6 Å². The number of carbonyl (C=O) groups is 2. The van der Waals surface area contributed by atoms with Crippen LogP contribution in [0.4, 0.5) is 4.39 Å². The number of amides is 2. The Bertz CT molecular complexity index is 1040. The number of nitrogens with zero attached hydrogens (tertiary/aromatic N) is 2. The van der Waals surface area contributed by atoms with E-state index >= 15 is 0 Å². The van der Waals surface area contributed by atoms with Crippen molar-refractivity contribution in [3.8, 4) is 0 Å². The van der Waals surface area contributed by atoms with Crippen molar-refractivity contribution in [2.75, 3.05) is 13.1 Å². The first kappa shape index (κ1) is 20.2. The Morgan fingerprint density at radius 1 is 1.27 bits per heavy atom. The van der Waals surface area contributed by atoms with E-state index in [1.807, 2.05) is 0 Å². The van der Waals surface area contributed by atoms with Gasteiger partial charge in [-0.05, 0) is 49.2 Å². The standard InChI is InChI=1S/C21H20ClFN4O3/c22-17-10-14(23)3-4-16(17)21(29)27-7-5-13(6-8-27)18-11-19(26-25-18)20(28)24-12-15-2-1-9-30-15/h1-4,9-11,13H,5-8,12H2,(H,24,28)(H,25,26). The number of aromatic nitrogens is 2. The zero-order valence-corrected chi connectivity index (χ0v) is 16.8. The lowest BCUT2D eigenvalue weighted by Crippen LogP contribution is -2.38. The number of likely N-dealkylation sites (tertiary alicyclic amines) is 1. The molecule has 0 saturated carbocycles. The lowest BCUT2D eigenvalue weighted by molar-refractivity contribution is 0.0712. The molecule has 0 unspecified atom stereocenters. The number of hydrogen-bond donors (Lipinski definition) is 2. The Labute approximate surface area is 177 Å². The summed E-state index contributed by atoms with van der Waals surface area (Å²) in [6.45, 7) is 1.37. The van der Waals surface area contributed by atoms with Crippen molar-refractivity contribution >= 4 is 23.4 Å². The number of benzene rings is 1. The van der Waals surface area contributed by atoms with Crippen molar-refractivity contribution < 1.29 is 18.4 Å². The fraction of sp³-hybridized carbons (Fsp3) is 0.286. The molecule has 2 aromatic heterocycles. The molecule has 1 aliphatic rings. The molecule has 0 spiro atoms. The van der Waals surface area contributed by atoms with Crippen LogP contribution in [0, 0.1) is 5.82 Å². The predicted octanol–water partition coefficient (Wildman–Crippen LogP) is 3.75. The highest BCUT2D eigenvalue weighted by Gasteiger charge is 2.27. The third-order valence-corrected chi connectivity index (χ3v) is 5.53. The average Bonchev–Trinajstić information content (AvgIpc) is 3.44. The molecule has 2 amide bonds. The van der Waals surface area contributed by atoms with Gasteiger partial charge in [-0.25, -0.2) is 4.39 Å². The summed E-state index contributed by atoms with van der Waals surface area (Å²) in [5.74, 6) is -0.138. The zero-order chi connectivity index (χ0) is 21.1. The molecule has 1 aromatic carbocycles. The summed E-state index contributed by atoms with van der Waals surface area (Å²) in [6, 6.07) is 9.07. The molecule has 3 aromatic rings. The summed E-state index contributed by atoms with van der Waals surface area (Å²) in [4.78, 5) is 26.7. The SMILES string of the molecule is O=C(NCc1ccco1)c1cc(C2CCN(C(=O)c3ccc(F)cc3Cl)CC2)[nH]n1. The maximum absolute atomic E-state index is 13.2. The molecule has 0 atom stereocenters. The molecule has 4 rings (SSSR count). The summed E-state index contributed by atoms with van der Waals surface area (Å²) in [7, 11) is 0. The minimum Gasteiger partial charge on any atom is -0.467 e. The van der Waals surface area contributed by atoms with E-state index in [9.17, 15) is 14.0 Å². The minimum atomic E-state index is -0.474. The molecular weight excluding hydrogens is 411 g/mol. The summed E-state index contributed by atoms with van der Waals surface area (Å²) in [6.07, 6.45) is 3.00. The van der Waals surface area contributed by atoms with Crippen molar-refractivity contribution in [1.29, 1.82) is 0 Å². The largest absolute Gasteiger partial charge is 0.467 e. The molecule has 2 N–H and O–H groups in total. The molecular formula is C21H20ClFN4O3. The number of furan rings is 1. The van der Waals surface area contributed by atoms with Gasteiger partial charge in [-0.15, -0.1) is 0 Å². The van der Waals surface area contributed by atoms with Crippen molar-refractivity contribution in [3.63, 3.8) is 0 Å². The predicted molar refractivity (Wildman–Crippen MR) is 108 cm³/mol. The molecule has 7 nitrogen and oxygen atoms in total. The van der Waals surface area contributed by atoms with Gasteiger partial charge in [0.1, 0.15) is 17.3 Å². The van der Waals surface area contributed by atoms with Crippen LogP contribution in [0.2, 0.25) is 5.02 Å². The average molecular weight is 431 g/mol. The lowest BCUT2D eigenvalue weighted by Gasteiger charge is -2.31. The van der Waals surface area contributed by atoms with Gasteiger partial charge in [-0.1, -0.05) is 11.6 Å². The molecule has 156 valence electrons. The molecule has 0 aliphatic carbocycles. The summed E-state index contributed by atoms with van der Waals surface area (Å²) >= 11 is 6.01. The third-order valence-electron chi connectivity index (χ3n) is 5.22. The lowest BCUT2D eigenvalue weighted by atomic mass is 9.93. The van der Waals surface area contributed by atoms with Crippen LogP contribution in [0.1, 0.15) is 51.1 Å². The second kappa shape index (κ2) is 8.71. The van der Waals surface area contributed by atoms with Crippen LogP contribution < -0.4 is 5.32 Å². The minimum absolute atomic E-state index is 0.112. The molecule has 1 fully saturated rings. The van der Waals surface area contributed by atoms with E-state index in [0.717, 1.165) is 24.6 Å². The number of rotatable bonds is 5. The molecule has 9 heteroatoms. The van der Waals surface area contributed by atoms with Gasteiger partial charge in [0.25, 0.3) is 11.8 Å². The van der Waals surface area contributed by atoms with Crippen LogP contribution in [-0.2, 0) is 6.54 Å². The Morgan fingerprint density at radius 2 is 2.07 bits per heavy atom. The first-order valence-corrected chi connectivity index (χ1v) is 9.99. The fourth-order valence-electron chi connectivity index (χ4n) is 3.56. The Balaban J connectivity index is 1.33. The molecule has 1 aliphatic heterocycles. The smallest absolute Gasteiger partial charge is 0.272 e. The quantitative estimate of drug-likeness (QED) is 0.645. The zero-order valence-electron chi connectivity index (χ0n) is 16.0. The van der Waals surface area contributed by atoms with Gasteiger partial charge in [0.2, 0.25) is 0 Å². The molecule has 3 heterocycles. The molecule has 0 radical (unpaired) electrons. The topological polar surface area (TPSA) is 91.2 Å². The van der Waals surface area contributed by atoms with Crippen LogP contribution in [0.25, 0.3) is 0 Å². The number of piperidine rings is 1. The van der Waals surface area contributed by atoms with Crippen LogP contribution in [0.5, 0.6) is 0 Å². The van der Waals surface area contributed by atoms with Gasteiger partial charge in [0.15, 0.2) is 0 Å². The maximum atomic E-state index is 13.2.